The van der Waals surface area contributed by atoms with E-state index in [1.165, 1.54) is 12.3 Å². The Balaban J connectivity index is 1.92. The largest absolute Gasteiger partial charge is 0.506 e. The molecule has 1 heterocycles. The number of carbonyl (C=O) groups excluding carboxylic acids is 2. The molecule has 0 bridgehead atoms. The molecule has 0 unspecified atom stereocenters. The van der Waals surface area contributed by atoms with Crippen molar-refractivity contribution in [3.8, 4) is 5.75 Å². The third-order valence-electron chi connectivity index (χ3n) is 5.00. The third-order valence-corrected chi connectivity index (χ3v) is 5.00. The van der Waals surface area contributed by atoms with E-state index >= 15 is 0 Å². The van der Waals surface area contributed by atoms with Gasteiger partial charge in [0.05, 0.1) is 11.3 Å². The van der Waals surface area contributed by atoms with Crippen LogP contribution in [0.2, 0.25) is 0 Å². The van der Waals surface area contributed by atoms with Crippen molar-refractivity contribution in [2.24, 2.45) is 0 Å². The Morgan fingerprint density at radius 1 is 1.04 bits per heavy atom. The topological polar surface area (TPSA) is 70.5 Å². The van der Waals surface area contributed by atoms with E-state index in [9.17, 15) is 14.7 Å². The van der Waals surface area contributed by atoms with Crippen molar-refractivity contribution in [3.05, 3.63) is 59.4 Å². The molecule has 1 aromatic heterocycles. The van der Waals surface area contributed by atoms with Crippen LogP contribution in [-0.2, 0) is 0 Å². The number of aromatic nitrogens is 1. The van der Waals surface area contributed by atoms with E-state index < -0.39 is 0 Å². The maximum atomic E-state index is 12.8. The molecule has 0 saturated heterocycles. The molecule has 0 radical (unpaired) electrons. The fourth-order valence-corrected chi connectivity index (χ4v) is 3.42. The first-order chi connectivity index (χ1) is 13.6. The number of anilines is 1. The van der Waals surface area contributed by atoms with Crippen LogP contribution in [0.1, 0.15) is 65.9 Å². The highest BCUT2D eigenvalue weighted by Crippen LogP contribution is 2.34. The summed E-state index contributed by atoms with van der Waals surface area (Å²) in [4.78, 5) is 31.4. The number of Topliss-reactive ketones (excluding diaryl/α,β-unsaturated/α-hetero) is 1. The van der Waals surface area contributed by atoms with Crippen LogP contribution < -0.4 is 4.90 Å². The van der Waals surface area contributed by atoms with Crippen LogP contribution in [0.5, 0.6) is 5.75 Å². The smallest absolute Gasteiger partial charge is 0.205 e. The lowest BCUT2D eigenvalue weighted by Crippen LogP contribution is -2.25. The van der Waals surface area contributed by atoms with Gasteiger partial charge in [-0.3, -0.25) is 14.6 Å². The summed E-state index contributed by atoms with van der Waals surface area (Å²) >= 11 is 0. The van der Waals surface area contributed by atoms with E-state index in [2.05, 4.69) is 23.7 Å². The summed E-state index contributed by atoms with van der Waals surface area (Å²) in [5.41, 5.74) is 2.09. The van der Waals surface area contributed by atoms with Crippen molar-refractivity contribution in [1.82, 2.24) is 4.98 Å². The third kappa shape index (κ3) is 3.98. The summed E-state index contributed by atoms with van der Waals surface area (Å²) in [6.45, 7) is 6.04. The van der Waals surface area contributed by atoms with Gasteiger partial charge < -0.3 is 10.0 Å². The van der Waals surface area contributed by atoms with Gasteiger partial charge in [-0.15, -0.1) is 0 Å². The molecule has 5 nitrogen and oxygen atoms in total. The molecule has 5 heteroatoms. The Kier molecular flexibility index (Phi) is 6.24. The number of phenolic OH excluding ortho intramolecular Hbond substituents is 1. The monoisotopic (exact) mass is 378 g/mol. The number of rotatable bonds is 8. The number of hydrogen-bond acceptors (Lipinski definition) is 5. The summed E-state index contributed by atoms with van der Waals surface area (Å²) in [6.07, 6.45) is 7.08. The number of nitrogens with zero attached hydrogens (tertiary/aromatic N) is 2. The lowest BCUT2D eigenvalue weighted by molar-refractivity contribution is 0.0997. The number of fused-ring (bicyclic) bond motifs is 1. The highest BCUT2D eigenvalue weighted by atomic mass is 16.3. The molecule has 0 saturated carbocycles. The summed E-state index contributed by atoms with van der Waals surface area (Å²) in [5.74, 6) is -0.409. The van der Waals surface area contributed by atoms with Gasteiger partial charge in [-0.25, -0.2) is 0 Å². The van der Waals surface area contributed by atoms with Crippen LogP contribution in [0, 0.1) is 0 Å². The Labute approximate surface area is 165 Å². The maximum Gasteiger partial charge on any atom is 0.205 e. The summed E-state index contributed by atoms with van der Waals surface area (Å²) in [7, 11) is 0. The van der Waals surface area contributed by atoms with Gasteiger partial charge in [0.25, 0.3) is 0 Å². The summed E-state index contributed by atoms with van der Waals surface area (Å²) in [6, 6.07) is 8.48. The van der Waals surface area contributed by atoms with Crippen LogP contribution in [0.4, 0.5) is 5.69 Å². The first-order valence-electron chi connectivity index (χ1n) is 9.90. The Morgan fingerprint density at radius 2 is 1.75 bits per heavy atom. The van der Waals surface area contributed by atoms with Gasteiger partial charge in [0, 0.05) is 24.9 Å². The van der Waals surface area contributed by atoms with Gasteiger partial charge in [0.15, 0.2) is 5.78 Å². The lowest BCUT2D eigenvalue weighted by Gasteiger charge is -2.26. The number of pyridine rings is 1. The van der Waals surface area contributed by atoms with E-state index in [4.69, 9.17) is 0 Å². The molecule has 1 N–H and O–H groups in total. The van der Waals surface area contributed by atoms with Gasteiger partial charge in [0.2, 0.25) is 5.78 Å². The van der Waals surface area contributed by atoms with E-state index in [0.717, 1.165) is 44.5 Å². The minimum absolute atomic E-state index is 0.128. The molecule has 0 atom stereocenters. The zero-order valence-corrected chi connectivity index (χ0v) is 16.4. The van der Waals surface area contributed by atoms with Crippen LogP contribution in [-0.4, -0.2) is 34.7 Å². The van der Waals surface area contributed by atoms with E-state index in [0.29, 0.717) is 16.7 Å². The number of unbranched alkanes of at least 4 members (excludes halogenated alkanes) is 2. The van der Waals surface area contributed by atoms with Gasteiger partial charge in [-0.05, 0) is 48.7 Å². The molecule has 0 spiro atoms. The molecule has 2 aromatic rings. The second-order valence-corrected chi connectivity index (χ2v) is 7.05. The first kappa shape index (κ1) is 19.8. The quantitative estimate of drug-likeness (QED) is 0.724. The number of allylic oxidation sites excluding steroid dienone is 2. The minimum Gasteiger partial charge on any atom is -0.506 e. The first-order valence-corrected chi connectivity index (χ1v) is 9.90. The van der Waals surface area contributed by atoms with E-state index in [1.807, 2.05) is 6.07 Å². The molecular formula is C23H26N2O3. The second kappa shape index (κ2) is 8.83. The van der Waals surface area contributed by atoms with Gasteiger partial charge >= 0.3 is 0 Å². The van der Waals surface area contributed by atoms with Crippen molar-refractivity contribution in [1.29, 1.82) is 0 Å². The van der Waals surface area contributed by atoms with Crippen LogP contribution in [0.3, 0.4) is 0 Å². The molecule has 0 aliphatic heterocycles. The fraction of sp³-hybridized carbons (Fsp3) is 0.348. The number of benzene rings is 1. The van der Waals surface area contributed by atoms with E-state index in [-0.39, 0.29) is 23.0 Å². The molecule has 1 aliphatic carbocycles. The zero-order valence-electron chi connectivity index (χ0n) is 16.4. The standard InChI is InChI=1S/C23H26N2O3/c1-3-5-12-25(13-6-4-2)19-10-9-16(14-20(19)26)18-15-21(27)22-17(23(18)28)8-7-11-24-22/h7-11,14-15,26H,3-6,12-13H2,1-2H3. The Bertz CT molecular complexity index is 910. The number of ketones is 2. The molecular weight excluding hydrogens is 352 g/mol. The number of phenols is 1. The normalized spacial score (nSPS) is 13.3. The summed E-state index contributed by atoms with van der Waals surface area (Å²) < 4.78 is 0. The molecule has 0 amide bonds. The van der Waals surface area contributed by atoms with Crippen LogP contribution >= 0.6 is 0 Å². The molecule has 0 fully saturated rings. The van der Waals surface area contributed by atoms with Gasteiger partial charge in [0.1, 0.15) is 11.4 Å². The van der Waals surface area contributed by atoms with Crippen molar-refractivity contribution < 1.29 is 14.7 Å². The summed E-state index contributed by atoms with van der Waals surface area (Å²) in [5, 5.41) is 10.7. The SMILES string of the molecule is CCCCN(CCCC)c1ccc(C2=CC(=O)c3ncccc3C2=O)cc1O. The highest BCUT2D eigenvalue weighted by Gasteiger charge is 2.27. The van der Waals surface area contributed by atoms with Crippen molar-refractivity contribution in [2.75, 3.05) is 18.0 Å². The Morgan fingerprint density at radius 3 is 2.39 bits per heavy atom. The van der Waals surface area contributed by atoms with Crippen molar-refractivity contribution >= 4 is 22.8 Å². The average Bonchev–Trinajstić information content (AvgIpc) is 2.71. The maximum absolute atomic E-state index is 12.8. The second-order valence-electron chi connectivity index (χ2n) is 7.05. The highest BCUT2D eigenvalue weighted by molar-refractivity contribution is 6.38. The van der Waals surface area contributed by atoms with Crippen LogP contribution in [0.25, 0.3) is 5.57 Å². The molecule has 1 aliphatic rings. The molecule has 3 rings (SSSR count). The molecule has 28 heavy (non-hydrogen) atoms. The van der Waals surface area contributed by atoms with Crippen molar-refractivity contribution in [3.63, 3.8) is 0 Å². The predicted molar refractivity (Wildman–Crippen MR) is 111 cm³/mol. The fourth-order valence-electron chi connectivity index (χ4n) is 3.42. The number of aromatic hydroxyl groups is 1. The molecule has 146 valence electrons. The lowest BCUT2D eigenvalue weighted by atomic mass is 9.89. The Hall–Kier alpha value is -2.95. The zero-order chi connectivity index (χ0) is 20.1. The predicted octanol–water partition coefficient (Wildman–Crippen LogP) is 4.66. The van der Waals surface area contributed by atoms with Gasteiger partial charge in [-0.1, -0.05) is 32.8 Å². The van der Waals surface area contributed by atoms with Gasteiger partial charge in [-0.2, -0.15) is 0 Å². The van der Waals surface area contributed by atoms with Crippen molar-refractivity contribution in [2.45, 2.75) is 39.5 Å². The van der Waals surface area contributed by atoms with E-state index in [1.54, 1.807) is 24.3 Å². The van der Waals surface area contributed by atoms with Crippen LogP contribution in [0.15, 0.2) is 42.6 Å². The number of carbonyl (C=O) groups is 2. The average molecular weight is 378 g/mol. The minimum atomic E-state index is -0.290. The molecule has 1 aromatic carbocycles. The number of hydrogen-bond donors (Lipinski definition) is 1.